The van der Waals surface area contributed by atoms with Crippen LogP contribution in [0.2, 0.25) is 0 Å². The summed E-state index contributed by atoms with van der Waals surface area (Å²) in [5, 5.41) is 0. The maximum absolute atomic E-state index is 13.4. The molecule has 1 aromatic carbocycles. The minimum atomic E-state index is 0.0169. The molecule has 0 spiro atoms. The monoisotopic (exact) mass is 490 g/mol. The Morgan fingerprint density at radius 1 is 0.833 bits per heavy atom. The fourth-order valence-corrected chi connectivity index (χ4v) is 7.33. The summed E-state index contributed by atoms with van der Waals surface area (Å²) in [5.41, 5.74) is 2.58. The lowest BCUT2D eigenvalue weighted by Gasteiger charge is -2.53. The van der Waals surface area contributed by atoms with Gasteiger partial charge in [-0.05, 0) is 61.5 Å². The quantitative estimate of drug-likeness (QED) is 0.638. The number of carbonyl (C=O) groups is 3. The first-order chi connectivity index (χ1) is 17.6. The minimum Gasteiger partial charge on any atom is -0.339 e. The van der Waals surface area contributed by atoms with E-state index < -0.39 is 0 Å². The molecule has 2 bridgehead atoms. The molecular formula is C29H38N4O3. The molecule has 0 aromatic heterocycles. The van der Waals surface area contributed by atoms with Gasteiger partial charge in [0.2, 0.25) is 11.8 Å². The third-order valence-electron chi connectivity index (χ3n) is 9.23. The average molecular weight is 491 g/mol. The van der Waals surface area contributed by atoms with Crippen molar-refractivity contribution in [2.75, 3.05) is 45.8 Å². The predicted molar refractivity (Wildman–Crippen MR) is 138 cm³/mol. The molecule has 0 saturated carbocycles. The summed E-state index contributed by atoms with van der Waals surface area (Å²) >= 11 is 0. The molecule has 5 aliphatic heterocycles. The van der Waals surface area contributed by atoms with Crippen molar-refractivity contribution in [3.05, 3.63) is 42.0 Å². The highest BCUT2D eigenvalue weighted by molar-refractivity contribution is 5.81. The molecule has 6 rings (SSSR count). The van der Waals surface area contributed by atoms with E-state index in [1.165, 1.54) is 11.1 Å². The Bertz CT molecular complexity index is 1030. The lowest BCUT2D eigenvalue weighted by Crippen LogP contribution is -2.62. The van der Waals surface area contributed by atoms with Gasteiger partial charge < -0.3 is 19.6 Å². The third kappa shape index (κ3) is 4.53. The van der Waals surface area contributed by atoms with Crippen molar-refractivity contribution in [1.29, 1.82) is 0 Å². The largest absolute Gasteiger partial charge is 0.339 e. The second-order valence-electron chi connectivity index (χ2n) is 11.4. The molecule has 7 heteroatoms. The Morgan fingerprint density at radius 2 is 1.64 bits per heavy atom. The molecule has 4 amide bonds. The van der Waals surface area contributed by atoms with Crippen LogP contribution < -0.4 is 0 Å². The number of hydrogen-bond acceptors (Lipinski definition) is 3. The number of amides is 4. The smallest absolute Gasteiger partial charge is 0.320 e. The SMILES string of the molecule is O=C(C1CCN(C(=O)N2C[C@@H]3C[C@H](C2)[C@H]2CCCC(=O)N2C3)CC1)N1CC=C(c2ccccc2)CC1. The van der Waals surface area contributed by atoms with Gasteiger partial charge in [0.15, 0.2) is 0 Å². The number of piperidine rings is 4. The maximum atomic E-state index is 13.4. The zero-order chi connectivity index (χ0) is 24.6. The molecule has 7 nitrogen and oxygen atoms in total. The van der Waals surface area contributed by atoms with Crippen LogP contribution in [-0.2, 0) is 9.59 Å². The number of fused-ring (bicyclic) bond motifs is 4. The fraction of sp³-hybridized carbons (Fsp3) is 0.621. The Morgan fingerprint density at radius 3 is 2.39 bits per heavy atom. The van der Waals surface area contributed by atoms with E-state index in [-0.39, 0.29) is 17.9 Å². The van der Waals surface area contributed by atoms with Gasteiger partial charge in [-0.25, -0.2) is 4.79 Å². The summed E-state index contributed by atoms with van der Waals surface area (Å²) in [6.07, 6.45) is 8.50. The lowest BCUT2D eigenvalue weighted by molar-refractivity contribution is -0.144. The lowest BCUT2D eigenvalue weighted by atomic mass is 9.76. The first kappa shape index (κ1) is 23.6. The molecule has 4 saturated heterocycles. The molecule has 5 heterocycles. The van der Waals surface area contributed by atoms with E-state index in [2.05, 4.69) is 40.1 Å². The number of rotatable bonds is 2. The van der Waals surface area contributed by atoms with Crippen molar-refractivity contribution in [3.8, 4) is 0 Å². The fourth-order valence-electron chi connectivity index (χ4n) is 7.33. The predicted octanol–water partition coefficient (Wildman–Crippen LogP) is 3.47. The van der Waals surface area contributed by atoms with E-state index in [9.17, 15) is 14.4 Å². The van der Waals surface area contributed by atoms with Crippen LogP contribution in [0.15, 0.2) is 36.4 Å². The maximum Gasteiger partial charge on any atom is 0.320 e. The van der Waals surface area contributed by atoms with Crippen molar-refractivity contribution in [1.82, 2.24) is 19.6 Å². The number of urea groups is 1. The van der Waals surface area contributed by atoms with Gasteiger partial charge in [-0.2, -0.15) is 0 Å². The first-order valence-corrected chi connectivity index (χ1v) is 13.9. The second kappa shape index (κ2) is 9.91. The molecular weight excluding hydrogens is 452 g/mol. The van der Waals surface area contributed by atoms with E-state index in [4.69, 9.17) is 0 Å². The Kier molecular flexibility index (Phi) is 6.48. The molecule has 192 valence electrons. The number of carbonyl (C=O) groups excluding carboxylic acids is 3. The summed E-state index contributed by atoms with van der Waals surface area (Å²) in [5.74, 6) is 1.40. The number of likely N-dealkylation sites (tertiary alicyclic amines) is 2. The molecule has 36 heavy (non-hydrogen) atoms. The van der Waals surface area contributed by atoms with E-state index in [0.29, 0.717) is 49.8 Å². The topological polar surface area (TPSA) is 64.2 Å². The van der Waals surface area contributed by atoms with Gasteiger partial charge in [-0.3, -0.25) is 9.59 Å². The van der Waals surface area contributed by atoms with Crippen molar-refractivity contribution in [2.45, 2.75) is 51.0 Å². The van der Waals surface area contributed by atoms with Gasteiger partial charge in [0.1, 0.15) is 0 Å². The van der Waals surface area contributed by atoms with E-state index >= 15 is 0 Å². The highest BCUT2D eigenvalue weighted by Crippen LogP contribution is 2.38. The molecule has 4 fully saturated rings. The Hall–Kier alpha value is -2.83. The highest BCUT2D eigenvalue weighted by Gasteiger charge is 2.45. The van der Waals surface area contributed by atoms with Crippen molar-refractivity contribution < 1.29 is 14.4 Å². The molecule has 3 atom stereocenters. The van der Waals surface area contributed by atoms with Gasteiger partial charge in [0, 0.05) is 64.2 Å². The van der Waals surface area contributed by atoms with Gasteiger partial charge in [0.25, 0.3) is 0 Å². The van der Waals surface area contributed by atoms with Crippen molar-refractivity contribution in [2.24, 2.45) is 17.8 Å². The van der Waals surface area contributed by atoms with Gasteiger partial charge in [-0.15, -0.1) is 0 Å². The normalized spacial score (nSPS) is 29.1. The Balaban J connectivity index is 1.01. The molecule has 0 unspecified atom stereocenters. The van der Waals surface area contributed by atoms with Crippen LogP contribution in [0.1, 0.15) is 50.5 Å². The number of nitrogens with zero attached hydrogens (tertiary/aromatic N) is 4. The van der Waals surface area contributed by atoms with E-state index in [1.807, 2.05) is 15.9 Å². The zero-order valence-corrected chi connectivity index (χ0v) is 21.2. The summed E-state index contributed by atoms with van der Waals surface area (Å²) in [4.78, 5) is 47.2. The van der Waals surface area contributed by atoms with Crippen LogP contribution in [0.25, 0.3) is 5.57 Å². The molecule has 0 radical (unpaired) electrons. The third-order valence-corrected chi connectivity index (χ3v) is 9.23. The molecule has 0 N–H and O–H groups in total. The van der Waals surface area contributed by atoms with Gasteiger partial charge in [0.05, 0.1) is 0 Å². The summed E-state index contributed by atoms with van der Waals surface area (Å²) in [6, 6.07) is 10.9. The molecule has 1 aromatic rings. The average Bonchev–Trinajstić information content (AvgIpc) is 2.93. The molecule has 0 aliphatic carbocycles. The van der Waals surface area contributed by atoms with Gasteiger partial charge >= 0.3 is 6.03 Å². The molecule has 5 aliphatic rings. The minimum absolute atomic E-state index is 0.0169. The van der Waals surface area contributed by atoms with Crippen LogP contribution >= 0.6 is 0 Å². The van der Waals surface area contributed by atoms with E-state index in [0.717, 1.165) is 64.7 Å². The van der Waals surface area contributed by atoms with Gasteiger partial charge in [-0.1, -0.05) is 36.4 Å². The van der Waals surface area contributed by atoms with Crippen molar-refractivity contribution in [3.63, 3.8) is 0 Å². The highest BCUT2D eigenvalue weighted by atomic mass is 16.2. The Labute approximate surface area is 214 Å². The summed E-state index contributed by atoms with van der Waals surface area (Å²) in [7, 11) is 0. The van der Waals surface area contributed by atoms with Crippen LogP contribution in [-0.4, -0.2) is 89.3 Å². The summed E-state index contributed by atoms with van der Waals surface area (Å²) in [6.45, 7) is 5.12. The van der Waals surface area contributed by atoms with Crippen LogP contribution in [0.3, 0.4) is 0 Å². The van der Waals surface area contributed by atoms with Crippen LogP contribution in [0.5, 0.6) is 0 Å². The van der Waals surface area contributed by atoms with Crippen molar-refractivity contribution >= 4 is 23.4 Å². The standard InChI is InChI=1S/C29H38N4O3/c34-27-8-4-7-26-25-17-21(19-33(26)27)18-32(20-25)29(36)31-15-11-24(12-16-31)28(35)30-13-9-23(10-14-30)22-5-2-1-3-6-22/h1-3,5-6,9,21,24-26H,4,7-8,10-20H2/t21-,25+,26+/m0/s1. The van der Waals surface area contributed by atoms with E-state index in [1.54, 1.807) is 0 Å². The zero-order valence-electron chi connectivity index (χ0n) is 21.2. The summed E-state index contributed by atoms with van der Waals surface area (Å²) < 4.78 is 0. The second-order valence-corrected chi connectivity index (χ2v) is 11.4. The number of benzene rings is 1. The van der Waals surface area contributed by atoms with Crippen LogP contribution in [0, 0.1) is 17.8 Å². The first-order valence-electron chi connectivity index (χ1n) is 13.9. The van der Waals surface area contributed by atoms with Crippen LogP contribution in [0.4, 0.5) is 4.79 Å². The number of hydrogen-bond donors (Lipinski definition) is 0.